The lowest BCUT2D eigenvalue weighted by Crippen LogP contribution is -2.49. The number of anilines is 1. The number of esters is 1. The second-order valence-corrected chi connectivity index (χ2v) is 11.3. The first kappa shape index (κ1) is 24.9. The van der Waals surface area contributed by atoms with E-state index in [9.17, 15) is 22.0 Å². The molecule has 0 radical (unpaired) electrons. The summed E-state index contributed by atoms with van der Waals surface area (Å²) in [5, 5.41) is -0.871. The van der Waals surface area contributed by atoms with Gasteiger partial charge in [-0.1, -0.05) is 24.1 Å². The number of carbonyl (C=O) groups is 1. The van der Waals surface area contributed by atoms with Crippen molar-refractivity contribution in [3.8, 4) is 0 Å². The van der Waals surface area contributed by atoms with Crippen LogP contribution in [0.3, 0.4) is 0 Å². The van der Waals surface area contributed by atoms with Crippen LogP contribution in [-0.2, 0) is 21.3 Å². The summed E-state index contributed by atoms with van der Waals surface area (Å²) in [7, 11) is -2.73. The number of piperidine rings is 1. The van der Waals surface area contributed by atoms with E-state index in [0.717, 1.165) is 29.3 Å². The molecule has 2 aromatic rings. The molecule has 0 amide bonds. The van der Waals surface area contributed by atoms with E-state index < -0.39 is 32.9 Å². The third-order valence-corrected chi connectivity index (χ3v) is 9.33. The number of sulfonamides is 1. The van der Waals surface area contributed by atoms with Crippen molar-refractivity contribution in [3.05, 3.63) is 64.2 Å². The number of likely N-dealkylation sites (tertiary alicyclic amines) is 1. The van der Waals surface area contributed by atoms with Crippen molar-refractivity contribution in [1.29, 1.82) is 0 Å². The zero-order valence-corrected chi connectivity index (χ0v) is 20.4. The van der Waals surface area contributed by atoms with Gasteiger partial charge in [0.1, 0.15) is 11.6 Å². The van der Waals surface area contributed by atoms with E-state index in [2.05, 4.69) is 9.64 Å². The van der Waals surface area contributed by atoms with Crippen LogP contribution in [0.1, 0.15) is 48.0 Å². The molecular formula is C24H27ClF2N2O4S. The van der Waals surface area contributed by atoms with Crippen molar-refractivity contribution in [2.24, 2.45) is 0 Å². The Bertz CT molecular complexity index is 1170. The van der Waals surface area contributed by atoms with Crippen LogP contribution in [-0.4, -0.2) is 50.8 Å². The first-order valence-electron chi connectivity index (χ1n) is 11.3. The van der Waals surface area contributed by atoms with Gasteiger partial charge in [0, 0.05) is 11.6 Å². The Labute approximate surface area is 203 Å². The number of benzene rings is 2. The number of halogens is 3. The lowest BCUT2D eigenvalue weighted by Gasteiger charge is -2.42. The van der Waals surface area contributed by atoms with Gasteiger partial charge < -0.3 is 9.64 Å². The molecule has 1 aliphatic carbocycles. The maximum Gasteiger partial charge on any atom is 0.337 e. The summed E-state index contributed by atoms with van der Waals surface area (Å²) in [6.07, 6.45) is 4.45. The molecule has 0 spiro atoms. The van der Waals surface area contributed by atoms with E-state index in [1.54, 1.807) is 0 Å². The van der Waals surface area contributed by atoms with Crippen LogP contribution < -0.4 is 4.31 Å². The SMILES string of the molecule is COC(=O)c1ccc(CN(c2ccc(F)c(Cl)c2)S(=O)(=O)C2CCN(C3CCC3)CC2)c(F)c1. The van der Waals surface area contributed by atoms with Gasteiger partial charge in [0.15, 0.2) is 0 Å². The van der Waals surface area contributed by atoms with Crippen molar-refractivity contribution in [2.75, 3.05) is 24.5 Å². The fourth-order valence-electron chi connectivity index (χ4n) is 4.51. The number of rotatable bonds is 7. The molecule has 10 heteroatoms. The maximum absolute atomic E-state index is 14.9. The first-order valence-corrected chi connectivity index (χ1v) is 13.2. The molecule has 2 fully saturated rings. The first-order chi connectivity index (χ1) is 16.2. The third-order valence-electron chi connectivity index (χ3n) is 6.78. The van der Waals surface area contributed by atoms with Crippen LogP contribution in [0.2, 0.25) is 5.02 Å². The van der Waals surface area contributed by atoms with Gasteiger partial charge in [0.2, 0.25) is 10.0 Å². The maximum atomic E-state index is 14.9. The summed E-state index contributed by atoms with van der Waals surface area (Å²) in [5.41, 5.74) is 0.249. The second kappa shape index (κ2) is 10.2. The molecule has 6 nitrogen and oxygen atoms in total. The minimum Gasteiger partial charge on any atom is -0.465 e. The smallest absolute Gasteiger partial charge is 0.337 e. The third kappa shape index (κ3) is 5.06. The molecule has 0 N–H and O–H groups in total. The summed E-state index contributed by atoms with van der Waals surface area (Å²) in [6, 6.07) is 7.94. The predicted octanol–water partition coefficient (Wildman–Crippen LogP) is 4.76. The van der Waals surface area contributed by atoms with Crippen molar-refractivity contribution in [3.63, 3.8) is 0 Å². The van der Waals surface area contributed by atoms with Crippen LogP contribution in [0.5, 0.6) is 0 Å². The van der Waals surface area contributed by atoms with E-state index >= 15 is 0 Å². The molecule has 0 bridgehead atoms. The number of nitrogens with zero attached hydrogens (tertiary/aromatic N) is 2. The van der Waals surface area contributed by atoms with E-state index in [1.807, 2.05) is 0 Å². The van der Waals surface area contributed by atoms with Crippen molar-refractivity contribution >= 4 is 33.3 Å². The van der Waals surface area contributed by atoms with Gasteiger partial charge in [0.25, 0.3) is 0 Å². The average Bonchev–Trinajstić information content (AvgIpc) is 2.78. The Hall–Kier alpha value is -2.23. The van der Waals surface area contributed by atoms with Gasteiger partial charge in [0.05, 0.1) is 35.2 Å². The Balaban J connectivity index is 1.63. The number of carbonyl (C=O) groups excluding carboxylic acids is 1. The van der Waals surface area contributed by atoms with Gasteiger partial charge >= 0.3 is 5.97 Å². The lowest BCUT2D eigenvalue weighted by molar-refractivity contribution is 0.0600. The molecule has 0 atom stereocenters. The van der Waals surface area contributed by atoms with E-state index in [-0.39, 0.29) is 28.4 Å². The van der Waals surface area contributed by atoms with Crippen LogP contribution in [0.4, 0.5) is 14.5 Å². The highest BCUT2D eigenvalue weighted by atomic mass is 35.5. The van der Waals surface area contributed by atoms with Gasteiger partial charge in [-0.3, -0.25) is 4.31 Å². The molecule has 1 saturated carbocycles. The second-order valence-electron chi connectivity index (χ2n) is 8.77. The van der Waals surface area contributed by atoms with Gasteiger partial charge in [-0.2, -0.15) is 0 Å². The molecule has 1 aliphatic heterocycles. The van der Waals surface area contributed by atoms with Gasteiger partial charge in [-0.05, 0) is 69.1 Å². The molecule has 0 aromatic heterocycles. The Morgan fingerprint density at radius 3 is 2.35 bits per heavy atom. The topological polar surface area (TPSA) is 66.9 Å². The van der Waals surface area contributed by atoms with E-state index in [0.29, 0.717) is 32.0 Å². The van der Waals surface area contributed by atoms with Crippen molar-refractivity contribution in [2.45, 2.75) is 49.9 Å². The summed E-state index contributed by atoms with van der Waals surface area (Å²) in [4.78, 5) is 14.1. The van der Waals surface area contributed by atoms with Gasteiger partial charge in [-0.25, -0.2) is 22.0 Å². The Kier molecular flexibility index (Phi) is 7.45. The zero-order valence-electron chi connectivity index (χ0n) is 18.8. The highest BCUT2D eigenvalue weighted by Gasteiger charge is 2.38. The zero-order chi connectivity index (χ0) is 24.5. The number of methoxy groups -OCH3 is 1. The summed E-state index contributed by atoms with van der Waals surface area (Å²) in [6.45, 7) is 1.06. The summed E-state index contributed by atoms with van der Waals surface area (Å²) >= 11 is 5.95. The average molecular weight is 513 g/mol. The molecule has 0 unspecified atom stereocenters. The predicted molar refractivity (Wildman–Crippen MR) is 126 cm³/mol. The Morgan fingerprint density at radius 2 is 1.79 bits per heavy atom. The number of hydrogen-bond acceptors (Lipinski definition) is 5. The van der Waals surface area contributed by atoms with E-state index in [1.165, 1.54) is 37.8 Å². The molecule has 1 saturated heterocycles. The normalized spacial score (nSPS) is 17.9. The molecular weight excluding hydrogens is 486 g/mol. The number of hydrogen-bond donors (Lipinski definition) is 0. The molecule has 184 valence electrons. The van der Waals surface area contributed by atoms with E-state index in [4.69, 9.17) is 11.6 Å². The lowest BCUT2D eigenvalue weighted by atomic mass is 9.90. The molecule has 2 aliphatic rings. The fourth-order valence-corrected chi connectivity index (χ4v) is 6.58. The molecule has 4 rings (SSSR count). The summed E-state index contributed by atoms with van der Waals surface area (Å²) in [5.74, 6) is -2.11. The molecule has 2 aromatic carbocycles. The highest BCUT2D eigenvalue weighted by molar-refractivity contribution is 7.93. The van der Waals surface area contributed by atoms with Gasteiger partial charge in [-0.15, -0.1) is 0 Å². The fraction of sp³-hybridized carbons (Fsp3) is 0.458. The monoisotopic (exact) mass is 512 g/mol. The Morgan fingerprint density at radius 1 is 1.09 bits per heavy atom. The van der Waals surface area contributed by atoms with Crippen LogP contribution in [0.15, 0.2) is 36.4 Å². The minimum absolute atomic E-state index is 0.0198. The molecule has 1 heterocycles. The van der Waals surface area contributed by atoms with Crippen LogP contribution in [0.25, 0.3) is 0 Å². The summed E-state index contributed by atoms with van der Waals surface area (Å²) < 4.78 is 61.9. The van der Waals surface area contributed by atoms with Crippen LogP contribution >= 0.6 is 11.6 Å². The molecule has 34 heavy (non-hydrogen) atoms. The van der Waals surface area contributed by atoms with Crippen molar-refractivity contribution < 1.29 is 26.7 Å². The quantitative estimate of drug-likeness (QED) is 0.500. The van der Waals surface area contributed by atoms with Crippen molar-refractivity contribution in [1.82, 2.24) is 4.90 Å². The standard InChI is InChI=1S/C24H27ClF2N2O4S/c1-33-24(30)16-5-6-17(23(27)13-16)15-29(19-7-8-22(26)21(25)14-19)34(31,32)20-9-11-28(12-10-20)18-3-2-4-18/h5-8,13-14,18,20H,2-4,9-12,15H2,1H3. The van der Waals surface area contributed by atoms with Crippen LogP contribution in [0, 0.1) is 11.6 Å². The number of ether oxygens (including phenoxy) is 1. The highest BCUT2D eigenvalue weighted by Crippen LogP contribution is 2.33. The minimum atomic E-state index is -3.92. The largest absolute Gasteiger partial charge is 0.465 e.